The first-order valence-corrected chi connectivity index (χ1v) is 6.88. The zero-order valence-electron chi connectivity index (χ0n) is 9.42. The van der Waals surface area contributed by atoms with Crippen LogP contribution in [0.15, 0.2) is 6.33 Å². The van der Waals surface area contributed by atoms with Gasteiger partial charge in [-0.15, -0.1) is 0 Å². The Morgan fingerprint density at radius 2 is 2.17 bits per heavy atom. The van der Waals surface area contributed by atoms with Crippen LogP contribution in [0.2, 0.25) is 0 Å². The summed E-state index contributed by atoms with van der Waals surface area (Å²) in [5.41, 5.74) is 6.61. The summed E-state index contributed by atoms with van der Waals surface area (Å²) < 4.78 is 21.5. The number of primary sulfonamides is 1. The third-order valence-corrected chi connectivity index (χ3v) is 3.06. The second kappa shape index (κ2) is 4.74. The number of aromatic nitrogens is 4. The molecule has 98 valence electrons. The molecule has 2 aromatic rings. The molecule has 9 nitrogen and oxygen atoms in total. The SMILES string of the molecule is Nc1nc(NCCCS(N)(=O)=O)c2[nH]cnc2n1. The molecule has 0 radical (unpaired) electrons. The van der Waals surface area contributed by atoms with Crippen LogP contribution in [0, 0.1) is 0 Å². The quantitative estimate of drug-likeness (QED) is 0.510. The summed E-state index contributed by atoms with van der Waals surface area (Å²) in [7, 11) is -3.44. The van der Waals surface area contributed by atoms with Crippen LogP contribution in [-0.2, 0) is 10.0 Å². The Hall–Kier alpha value is -1.94. The molecule has 10 heteroatoms. The van der Waals surface area contributed by atoms with Crippen LogP contribution < -0.4 is 16.2 Å². The van der Waals surface area contributed by atoms with Crippen molar-refractivity contribution in [3.05, 3.63) is 6.33 Å². The number of aromatic amines is 1. The van der Waals surface area contributed by atoms with Gasteiger partial charge in [0, 0.05) is 6.54 Å². The van der Waals surface area contributed by atoms with Crippen molar-refractivity contribution in [3.63, 3.8) is 0 Å². The topological polar surface area (TPSA) is 153 Å². The Balaban J connectivity index is 2.05. The highest BCUT2D eigenvalue weighted by atomic mass is 32.2. The summed E-state index contributed by atoms with van der Waals surface area (Å²) in [6, 6.07) is 0. The van der Waals surface area contributed by atoms with Crippen LogP contribution in [0.1, 0.15) is 6.42 Å². The van der Waals surface area contributed by atoms with E-state index >= 15 is 0 Å². The van der Waals surface area contributed by atoms with Gasteiger partial charge in [0.05, 0.1) is 12.1 Å². The summed E-state index contributed by atoms with van der Waals surface area (Å²) in [4.78, 5) is 14.8. The predicted molar refractivity (Wildman–Crippen MR) is 67.2 cm³/mol. The second-order valence-corrected chi connectivity index (χ2v) is 5.41. The maximum absolute atomic E-state index is 10.8. The normalized spacial score (nSPS) is 11.8. The molecule has 0 saturated heterocycles. The minimum Gasteiger partial charge on any atom is -0.368 e. The Morgan fingerprint density at radius 3 is 2.89 bits per heavy atom. The smallest absolute Gasteiger partial charge is 0.224 e. The van der Waals surface area contributed by atoms with Crippen LogP contribution in [0.4, 0.5) is 11.8 Å². The van der Waals surface area contributed by atoms with Gasteiger partial charge in [-0.05, 0) is 6.42 Å². The first-order chi connectivity index (χ1) is 8.46. The number of nitrogens with two attached hydrogens (primary N) is 2. The van der Waals surface area contributed by atoms with Crippen molar-refractivity contribution in [2.75, 3.05) is 23.3 Å². The molecule has 0 aliphatic rings. The monoisotopic (exact) mass is 271 g/mol. The fourth-order valence-electron chi connectivity index (χ4n) is 1.46. The number of hydrogen-bond donors (Lipinski definition) is 4. The van der Waals surface area contributed by atoms with E-state index in [2.05, 4.69) is 25.3 Å². The molecule has 0 spiro atoms. The number of imidazole rings is 1. The highest BCUT2D eigenvalue weighted by Gasteiger charge is 2.08. The Bertz CT molecular complexity index is 651. The fourth-order valence-corrected chi connectivity index (χ4v) is 2.00. The van der Waals surface area contributed by atoms with Crippen molar-refractivity contribution in [1.82, 2.24) is 19.9 Å². The van der Waals surface area contributed by atoms with Gasteiger partial charge in [0.15, 0.2) is 11.5 Å². The molecule has 6 N–H and O–H groups in total. The number of rotatable bonds is 5. The minimum absolute atomic E-state index is 0.0906. The molecule has 0 unspecified atom stereocenters. The molecule has 0 amide bonds. The predicted octanol–water partition coefficient (Wildman–Crippen LogP) is -0.974. The Labute approximate surface area is 103 Å². The van der Waals surface area contributed by atoms with E-state index in [4.69, 9.17) is 10.9 Å². The molecule has 2 aromatic heterocycles. The lowest BCUT2D eigenvalue weighted by molar-refractivity contribution is 0.596. The third kappa shape index (κ3) is 3.05. The van der Waals surface area contributed by atoms with E-state index in [1.54, 1.807) is 0 Å². The number of fused-ring (bicyclic) bond motifs is 1. The van der Waals surface area contributed by atoms with E-state index in [0.29, 0.717) is 29.9 Å². The van der Waals surface area contributed by atoms with Crippen LogP contribution in [0.25, 0.3) is 11.2 Å². The Kier molecular flexibility index (Phi) is 3.30. The van der Waals surface area contributed by atoms with Crippen LogP contribution in [0.3, 0.4) is 0 Å². The first kappa shape index (κ1) is 12.5. The van der Waals surface area contributed by atoms with Crippen molar-refractivity contribution in [1.29, 1.82) is 0 Å². The summed E-state index contributed by atoms with van der Waals surface area (Å²) >= 11 is 0. The van der Waals surface area contributed by atoms with Crippen molar-refractivity contribution < 1.29 is 8.42 Å². The van der Waals surface area contributed by atoms with Gasteiger partial charge < -0.3 is 16.0 Å². The lowest BCUT2D eigenvalue weighted by Crippen LogP contribution is -2.19. The largest absolute Gasteiger partial charge is 0.368 e. The van der Waals surface area contributed by atoms with E-state index in [1.807, 2.05) is 0 Å². The molecule has 2 heterocycles. The number of hydrogen-bond acceptors (Lipinski definition) is 7. The summed E-state index contributed by atoms with van der Waals surface area (Å²) in [5, 5.41) is 7.86. The van der Waals surface area contributed by atoms with Crippen LogP contribution in [-0.4, -0.2) is 40.7 Å². The van der Waals surface area contributed by atoms with E-state index in [9.17, 15) is 8.42 Å². The maximum Gasteiger partial charge on any atom is 0.224 e. The molecule has 18 heavy (non-hydrogen) atoms. The average Bonchev–Trinajstić information content (AvgIpc) is 2.70. The molecule has 0 saturated carbocycles. The second-order valence-electron chi connectivity index (χ2n) is 3.68. The zero-order valence-corrected chi connectivity index (χ0v) is 10.2. The van der Waals surface area contributed by atoms with Crippen LogP contribution >= 0.6 is 0 Å². The van der Waals surface area contributed by atoms with Crippen molar-refractivity contribution in [2.45, 2.75) is 6.42 Å². The van der Waals surface area contributed by atoms with E-state index in [0.717, 1.165) is 0 Å². The highest BCUT2D eigenvalue weighted by Crippen LogP contribution is 2.16. The molecule has 0 fully saturated rings. The standard InChI is InChI=1S/C8H13N7O2S/c9-8-14-6(5-7(15-8)13-4-12-5)11-2-1-3-18(10,16)17/h4H,1-3H2,(H2,10,16,17)(H4,9,11,12,13,14,15). The number of H-pyrrole nitrogens is 1. The van der Waals surface area contributed by atoms with Crippen molar-refractivity contribution >= 4 is 33.0 Å². The van der Waals surface area contributed by atoms with Gasteiger partial charge in [0.25, 0.3) is 0 Å². The molecule has 0 aliphatic carbocycles. The van der Waals surface area contributed by atoms with Crippen molar-refractivity contribution in [2.24, 2.45) is 5.14 Å². The molecule has 2 rings (SSSR count). The summed E-state index contributed by atoms with van der Waals surface area (Å²) in [6.45, 7) is 0.404. The lowest BCUT2D eigenvalue weighted by atomic mass is 10.4. The van der Waals surface area contributed by atoms with Gasteiger partial charge in [-0.25, -0.2) is 18.5 Å². The third-order valence-electron chi connectivity index (χ3n) is 2.20. The van der Waals surface area contributed by atoms with E-state index in [-0.39, 0.29) is 11.7 Å². The van der Waals surface area contributed by atoms with E-state index < -0.39 is 10.0 Å². The van der Waals surface area contributed by atoms with Gasteiger partial charge in [0.1, 0.15) is 5.52 Å². The van der Waals surface area contributed by atoms with E-state index in [1.165, 1.54) is 6.33 Å². The first-order valence-electron chi connectivity index (χ1n) is 5.16. The van der Waals surface area contributed by atoms with Crippen LogP contribution in [0.5, 0.6) is 0 Å². The number of anilines is 2. The van der Waals surface area contributed by atoms with Gasteiger partial charge in [0.2, 0.25) is 16.0 Å². The molecule has 0 aliphatic heterocycles. The van der Waals surface area contributed by atoms with Crippen molar-refractivity contribution in [3.8, 4) is 0 Å². The Morgan fingerprint density at radius 1 is 1.39 bits per heavy atom. The minimum atomic E-state index is -3.44. The molecule has 0 atom stereocenters. The highest BCUT2D eigenvalue weighted by molar-refractivity contribution is 7.89. The molecular formula is C8H13N7O2S. The molecular weight excluding hydrogens is 258 g/mol. The number of sulfonamides is 1. The average molecular weight is 271 g/mol. The lowest BCUT2D eigenvalue weighted by Gasteiger charge is -2.06. The van der Waals surface area contributed by atoms with Gasteiger partial charge in [-0.3, -0.25) is 0 Å². The zero-order chi connectivity index (χ0) is 13.2. The fraction of sp³-hybridized carbons (Fsp3) is 0.375. The number of nitrogen functional groups attached to an aromatic ring is 1. The molecule has 0 bridgehead atoms. The van der Waals surface area contributed by atoms with Gasteiger partial charge >= 0.3 is 0 Å². The van der Waals surface area contributed by atoms with Gasteiger partial charge in [-0.1, -0.05) is 0 Å². The summed E-state index contributed by atoms with van der Waals surface area (Å²) in [5.74, 6) is 0.500. The van der Waals surface area contributed by atoms with Gasteiger partial charge in [-0.2, -0.15) is 9.97 Å². The number of nitrogens with zero attached hydrogens (tertiary/aromatic N) is 3. The number of nitrogens with one attached hydrogen (secondary N) is 2. The maximum atomic E-state index is 10.8. The summed E-state index contributed by atoms with van der Waals surface area (Å²) in [6.07, 6.45) is 1.85. The molecule has 0 aromatic carbocycles.